The van der Waals surface area contributed by atoms with Gasteiger partial charge in [-0.05, 0) is 63.4 Å². The molecule has 2 aromatic rings. The van der Waals surface area contributed by atoms with Crippen LogP contribution in [0.4, 0.5) is 0 Å². The Morgan fingerprint density at radius 1 is 0.833 bits per heavy atom. The van der Waals surface area contributed by atoms with Crippen LogP contribution in [-0.2, 0) is 15.1 Å². The number of rotatable bonds is 6. The summed E-state index contributed by atoms with van der Waals surface area (Å²) in [6.07, 6.45) is -0.0470. The Labute approximate surface area is 145 Å². The molecular weight excluding hydrogens is 300 g/mol. The summed E-state index contributed by atoms with van der Waals surface area (Å²) >= 11 is 0. The Morgan fingerprint density at radius 3 is 1.75 bits per heavy atom. The van der Waals surface area contributed by atoms with E-state index in [9.17, 15) is 5.11 Å². The second kappa shape index (κ2) is 6.96. The molecular formula is C21H28O3. The van der Waals surface area contributed by atoms with E-state index in [-0.39, 0.29) is 17.5 Å². The Hall–Kier alpha value is -1.84. The molecule has 2 rings (SSSR count). The highest BCUT2D eigenvalue weighted by Crippen LogP contribution is 2.32. The summed E-state index contributed by atoms with van der Waals surface area (Å²) in [5, 5.41) is 9.40. The summed E-state index contributed by atoms with van der Waals surface area (Å²) in [5.41, 5.74) is 2.54. The van der Waals surface area contributed by atoms with Gasteiger partial charge in [0, 0.05) is 7.11 Å². The third kappa shape index (κ3) is 4.16. The van der Waals surface area contributed by atoms with Crippen LogP contribution < -0.4 is 0 Å². The molecule has 0 saturated carbocycles. The van der Waals surface area contributed by atoms with Crippen molar-refractivity contribution >= 4 is 0 Å². The topological polar surface area (TPSA) is 38.7 Å². The molecule has 1 unspecified atom stereocenters. The molecule has 0 radical (unpaired) electrons. The predicted octanol–water partition coefficient (Wildman–Crippen LogP) is 5.12. The van der Waals surface area contributed by atoms with E-state index in [0.29, 0.717) is 0 Å². The smallest absolute Gasteiger partial charge is 0.115 e. The van der Waals surface area contributed by atoms with Crippen LogP contribution in [0.2, 0.25) is 0 Å². The zero-order valence-corrected chi connectivity index (χ0v) is 15.5. The first-order valence-corrected chi connectivity index (χ1v) is 8.28. The number of phenols is 1. The number of aromatic hydroxyl groups is 1. The number of benzene rings is 2. The maximum atomic E-state index is 9.40. The third-order valence-corrected chi connectivity index (χ3v) is 4.76. The molecule has 1 atom stereocenters. The Kier molecular flexibility index (Phi) is 5.36. The fourth-order valence-electron chi connectivity index (χ4n) is 2.54. The summed E-state index contributed by atoms with van der Waals surface area (Å²) in [4.78, 5) is 0. The second-order valence-corrected chi connectivity index (χ2v) is 7.20. The van der Waals surface area contributed by atoms with E-state index in [1.165, 1.54) is 0 Å². The van der Waals surface area contributed by atoms with Crippen LogP contribution in [0.1, 0.15) is 40.2 Å². The van der Waals surface area contributed by atoms with Gasteiger partial charge >= 0.3 is 0 Å². The van der Waals surface area contributed by atoms with Crippen molar-refractivity contribution in [2.75, 3.05) is 7.11 Å². The number of methoxy groups -OCH3 is 1. The molecule has 0 heterocycles. The lowest BCUT2D eigenvalue weighted by Crippen LogP contribution is -2.42. The molecule has 130 valence electrons. The van der Waals surface area contributed by atoms with E-state index in [1.807, 2.05) is 32.9 Å². The third-order valence-electron chi connectivity index (χ3n) is 4.76. The fraction of sp³-hybridized carbons (Fsp3) is 0.429. The Balaban J connectivity index is 2.18. The van der Waals surface area contributed by atoms with Gasteiger partial charge in [0.25, 0.3) is 0 Å². The van der Waals surface area contributed by atoms with E-state index in [4.69, 9.17) is 9.47 Å². The maximum Gasteiger partial charge on any atom is 0.115 e. The Bertz CT molecular complexity index is 654. The first-order valence-electron chi connectivity index (χ1n) is 8.28. The van der Waals surface area contributed by atoms with Gasteiger partial charge in [-0.1, -0.05) is 36.4 Å². The molecule has 0 bridgehead atoms. The van der Waals surface area contributed by atoms with Crippen LogP contribution in [0.3, 0.4) is 0 Å². The first kappa shape index (κ1) is 18.5. The molecule has 0 aromatic heterocycles. The Morgan fingerprint density at radius 2 is 1.29 bits per heavy atom. The van der Waals surface area contributed by atoms with E-state index >= 15 is 0 Å². The molecule has 0 saturated heterocycles. The van der Waals surface area contributed by atoms with Crippen LogP contribution in [0.25, 0.3) is 11.1 Å². The van der Waals surface area contributed by atoms with Gasteiger partial charge in [-0.3, -0.25) is 0 Å². The zero-order chi connectivity index (χ0) is 18.0. The molecule has 0 aliphatic carbocycles. The molecule has 0 amide bonds. The summed E-state index contributed by atoms with van der Waals surface area (Å²) in [7, 11) is 1.71. The van der Waals surface area contributed by atoms with Crippen LogP contribution >= 0.6 is 0 Å². The predicted molar refractivity (Wildman–Crippen MR) is 98.2 cm³/mol. The lowest BCUT2D eigenvalue weighted by Gasteiger charge is -2.37. The molecule has 0 spiro atoms. The van der Waals surface area contributed by atoms with Gasteiger partial charge in [0.2, 0.25) is 0 Å². The monoisotopic (exact) mass is 328 g/mol. The van der Waals surface area contributed by atoms with Crippen LogP contribution in [0.15, 0.2) is 48.5 Å². The van der Waals surface area contributed by atoms with Gasteiger partial charge in [0.05, 0.1) is 17.3 Å². The first-order chi connectivity index (χ1) is 11.2. The SMILES string of the molecule is COC(C)(C)C(C)OC(C)(C)c1ccc(-c2ccc(O)cc2)cc1. The standard InChI is InChI=1S/C21H28O3/c1-15(20(2,3)23-6)24-21(4,5)18-11-7-16(8-12-18)17-9-13-19(22)14-10-17/h7-15,22H,1-6H3. The van der Waals surface area contributed by atoms with Gasteiger partial charge in [-0.15, -0.1) is 0 Å². The average molecular weight is 328 g/mol. The minimum atomic E-state index is -0.414. The molecule has 0 aliphatic heterocycles. The number of phenolic OH excluding ortho intramolecular Hbond substituents is 1. The number of hydrogen-bond acceptors (Lipinski definition) is 3. The maximum absolute atomic E-state index is 9.40. The molecule has 3 heteroatoms. The molecule has 0 aliphatic rings. The van der Waals surface area contributed by atoms with E-state index in [0.717, 1.165) is 16.7 Å². The quantitative estimate of drug-likeness (QED) is 0.799. The minimum Gasteiger partial charge on any atom is -0.508 e. The number of hydrogen-bond donors (Lipinski definition) is 1. The van der Waals surface area contributed by atoms with E-state index < -0.39 is 5.60 Å². The highest BCUT2D eigenvalue weighted by molar-refractivity contribution is 5.64. The minimum absolute atomic E-state index is 0.0470. The highest BCUT2D eigenvalue weighted by Gasteiger charge is 2.32. The van der Waals surface area contributed by atoms with Crippen LogP contribution in [-0.4, -0.2) is 23.9 Å². The summed E-state index contributed by atoms with van der Waals surface area (Å²) in [6, 6.07) is 15.6. The average Bonchev–Trinajstić information content (AvgIpc) is 2.55. The molecule has 3 nitrogen and oxygen atoms in total. The van der Waals surface area contributed by atoms with Gasteiger partial charge in [-0.25, -0.2) is 0 Å². The highest BCUT2D eigenvalue weighted by atomic mass is 16.6. The summed E-state index contributed by atoms with van der Waals surface area (Å²) in [6.45, 7) is 10.2. The van der Waals surface area contributed by atoms with E-state index in [1.54, 1.807) is 19.2 Å². The largest absolute Gasteiger partial charge is 0.508 e. The van der Waals surface area contributed by atoms with Crippen LogP contribution in [0.5, 0.6) is 5.75 Å². The van der Waals surface area contributed by atoms with Gasteiger partial charge in [-0.2, -0.15) is 0 Å². The van der Waals surface area contributed by atoms with Gasteiger partial charge < -0.3 is 14.6 Å². The molecule has 0 fully saturated rings. The van der Waals surface area contributed by atoms with E-state index in [2.05, 4.69) is 38.1 Å². The summed E-state index contributed by atoms with van der Waals surface area (Å²) < 4.78 is 11.8. The normalized spacial score (nSPS) is 13.8. The van der Waals surface area contributed by atoms with Crippen molar-refractivity contribution in [1.82, 2.24) is 0 Å². The molecule has 2 aromatic carbocycles. The van der Waals surface area contributed by atoms with Crippen molar-refractivity contribution in [3.05, 3.63) is 54.1 Å². The van der Waals surface area contributed by atoms with Crippen molar-refractivity contribution < 1.29 is 14.6 Å². The molecule has 1 N–H and O–H groups in total. The zero-order valence-electron chi connectivity index (χ0n) is 15.5. The van der Waals surface area contributed by atoms with Crippen molar-refractivity contribution in [3.8, 4) is 16.9 Å². The van der Waals surface area contributed by atoms with Crippen LogP contribution in [0, 0.1) is 0 Å². The lowest BCUT2D eigenvalue weighted by atomic mass is 9.94. The van der Waals surface area contributed by atoms with Crippen molar-refractivity contribution in [2.24, 2.45) is 0 Å². The lowest BCUT2D eigenvalue weighted by molar-refractivity contribution is -0.158. The van der Waals surface area contributed by atoms with Crippen molar-refractivity contribution in [1.29, 1.82) is 0 Å². The number of ether oxygens (including phenoxy) is 2. The van der Waals surface area contributed by atoms with Crippen molar-refractivity contribution in [2.45, 2.75) is 51.9 Å². The van der Waals surface area contributed by atoms with Crippen molar-refractivity contribution in [3.63, 3.8) is 0 Å². The second-order valence-electron chi connectivity index (χ2n) is 7.20. The summed E-state index contributed by atoms with van der Waals surface area (Å²) in [5.74, 6) is 0.277. The molecule has 24 heavy (non-hydrogen) atoms. The fourth-order valence-corrected chi connectivity index (χ4v) is 2.54. The van der Waals surface area contributed by atoms with Gasteiger partial charge in [0.1, 0.15) is 5.75 Å². The van der Waals surface area contributed by atoms with Gasteiger partial charge in [0.15, 0.2) is 0 Å².